The average molecular weight is 507 g/mol. The molecular formula is C28H51KO3S. The molecule has 0 atom stereocenters. The number of hydrogen-bond acceptors (Lipinski definition) is 3. The zero-order valence-electron chi connectivity index (χ0n) is 20.9. The van der Waals surface area contributed by atoms with Crippen molar-refractivity contribution < 1.29 is 12.6 Å². The molecule has 0 unspecified atom stereocenters. The molecule has 1 aromatic carbocycles. The minimum absolute atomic E-state index is 0. The van der Waals surface area contributed by atoms with E-state index in [0.717, 1.165) is 12.8 Å². The van der Waals surface area contributed by atoms with E-state index < -0.39 is 10.1 Å². The summed E-state index contributed by atoms with van der Waals surface area (Å²) in [6, 6.07) is 8.39. The third-order valence-corrected chi connectivity index (χ3v) is 7.59. The number of rotatable bonds is 23. The van der Waals surface area contributed by atoms with E-state index in [1.165, 1.54) is 116 Å². The van der Waals surface area contributed by atoms with Crippen LogP contribution in [0.15, 0.2) is 35.2 Å². The molecule has 1 aromatic rings. The van der Waals surface area contributed by atoms with E-state index in [0.29, 0.717) is 0 Å². The van der Waals surface area contributed by atoms with Crippen LogP contribution in [0.3, 0.4) is 0 Å². The van der Waals surface area contributed by atoms with Gasteiger partial charge in [-0.25, -0.2) is 0 Å². The first-order valence-electron chi connectivity index (χ1n) is 13.6. The molecule has 0 N–H and O–H groups in total. The molecule has 0 saturated carbocycles. The molecule has 3 nitrogen and oxygen atoms in total. The van der Waals surface area contributed by atoms with Crippen LogP contribution in [0.1, 0.15) is 135 Å². The Hall–Kier alpha value is 0.766. The molecule has 0 heterocycles. The van der Waals surface area contributed by atoms with Gasteiger partial charge in [-0.1, -0.05) is 147 Å². The SMILES string of the molecule is CCCCCCCCCCCCCCCCCCCCCCOS(=O)(=O)c1ccccc1.[KH]. The predicted molar refractivity (Wildman–Crippen MR) is 145 cm³/mol. The van der Waals surface area contributed by atoms with Crippen molar-refractivity contribution in [3.8, 4) is 0 Å². The van der Waals surface area contributed by atoms with Crippen molar-refractivity contribution in [2.75, 3.05) is 6.61 Å². The van der Waals surface area contributed by atoms with Crippen molar-refractivity contribution in [1.82, 2.24) is 0 Å². The molecule has 0 saturated heterocycles. The Kier molecular flexibility index (Phi) is 25.0. The fourth-order valence-electron chi connectivity index (χ4n) is 4.18. The Morgan fingerprint density at radius 3 is 1.24 bits per heavy atom. The van der Waals surface area contributed by atoms with Gasteiger partial charge in [-0.3, -0.25) is 4.18 Å². The molecule has 0 aliphatic rings. The second-order valence-electron chi connectivity index (χ2n) is 9.31. The Labute approximate surface area is 248 Å². The molecule has 0 aromatic heterocycles. The molecule has 0 aliphatic heterocycles. The summed E-state index contributed by atoms with van der Waals surface area (Å²) in [7, 11) is -3.59. The summed E-state index contributed by atoms with van der Waals surface area (Å²) in [5.41, 5.74) is 0. The molecule has 0 amide bonds. The van der Waals surface area contributed by atoms with Crippen LogP contribution < -0.4 is 0 Å². The second-order valence-corrected chi connectivity index (χ2v) is 10.9. The van der Waals surface area contributed by atoms with Crippen LogP contribution >= 0.6 is 0 Å². The normalized spacial score (nSPS) is 11.4. The van der Waals surface area contributed by atoms with Crippen molar-refractivity contribution in [1.29, 1.82) is 0 Å². The van der Waals surface area contributed by atoms with Gasteiger partial charge < -0.3 is 0 Å². The first-order chi connectivity index (χ1) is 15.7. The minimum atomic E-state index is -3.59. The molecule has 5 heteroatoms. The maximum atomic E-state index is 12.0. The van der Waals surface area contributed by atoms with E-state index >= 15 is 0 Å². The van der Waals surface area contributed by atoms with Gasteiger partial charge in [0.2, 0.25) is 0 Å². The summed E-state index contributed by atoms with van der Waals surface area (Å²) in [5, 5.41) is 0. The van der Waals surface area contributed by atoms with Gasteiger partial charge in [0.25, 0.3) is 10.1 Å². The summed E-state index contributed by atoms with van der Waals surface area (Å²) in [4.78, 5) is 0.244. The summed E-state index contributed by atoms with van der Waals surface area (Å²) in [5.74, 6) is 0. The van der Waals surface area contributed by atoms with Crippen molar-refractivity contribution in [3.05, 3.63) is 30.3 Å². The van der Waals surface area contributed by atoms with Crippen LogP contribution in [-0.4, -0.2) is 66.4 Å². The second kappa shape index (κ2) is 24.5. The van der Waals surface area contributed by atoms with E-state index in [1.807, 2.05) is 0 Å². The molecule has 188 valence electrons. The molecule has 1 rings (SSSR count). The maximum absolute atomic E-state index is 12.0. The third kappa shape index (κ3) is 20.6. The van der Waals surface area contributed by atoms with Crippen LogP contribution in [0.2, 0.25) is 0 Å². The first kappa shape index (κ1) is 33.8. The quantitative estimate of drug-likeness (QED) is 0.0848. The zero-order chi connectivity index (χ0) is 23.2. The molecule has 0 fully saturated rings. The summed E-state index contributed by atoms with van der Waals surface area (Å²) >= 11 is 0. The van der Waals surface area contributed by atoms with Gasteiger partial charge in [0.15, 0.2) is 0 Å². The van der Waals surface area contributed by atoms with Crippen LogP contribution in [0.25, 0.3) is 0 Å². The predicted octanol–water partition coefficient (Wildman–Crippen LogP) is 8.57. The van der Waals surface area contributed by atoms with E-state index in [9.17, 15) is 8.42 Å². The molecular weight excluding hydrogens is 455 g/mol. The van der Waals surface area contributed by atoms with E-state index in [1.54, 1.807) is 30.3 Å². The van der Waals surface area contributed by atoms with Gasteiger partial charge in [-0.2, -0.15) is 8.42 Å². The van der Waals surface area contributed by atoms with Gasteiger partial charge in [0, 0.05) is 0 Å². The Morgan fingerprint density at radius 1 is 0.545 bits per heavy atom. The average Bonchev–Trinajstić information content (AvgIpc) is 2.80. The zero-order valence-corrected chi connectivity index (χ0v) is 21.7. The molecule has 0 radical (unpaired) electrons. The third-order valence-electron chi connectivity index (χ3n) is 6.27. The molecule has 0 bridgehead atoms. The van der Waals surface area contributed by atoms with Crippen LogP contribution in [-0.2, 0) is 14.3 Å². The summed E-state index contributed by atoms with van der Waals surface area (Å²) in [6.07, 6.45) is 26.8. The summed E-state index contributed by atoms with van der Waals surface area (Å²) in [6.45, 7) is 2.57. The first-order valence-corrected chi connectivity index (χ1v) is 15.0. The Bertz CT molecular complexity index is 619. The topological polar surface area (TPSA) is 43.4 Å². The van der Waals surface area contributed by atoms with E-state index in [2.05, 4.69) is 6.92 Å². The van der Waals surface area contributed by atoms with E-state index in [4.69, 9.17) is 4.18 Å². The van der Waals surface area contributed by atoms with Crippen LogP contribution in [0.4, 0.5) is 0 Å². The number of benzene rings is 1. The molecule has 33 heavy (non-hydrogen) atoms. The fraction of sp³-hybridized carbons (Fsp3) is 0.786. The molecule has 0 aliphatic carbocycles. The van der Waals surface area contributed by atoms with Crippen molar-refractivity contribution >= 4 is 61.5 Å². The Balaban J connectivity index is 0.0000102. The van der Waals surface area contributed by atoms with E-state index in [-0.39, 0.29) is 62.9 Å². The van der Waals surface area contributed by atoms with Crippen molar-refractivity contribution in [2.24, 2.45) is 0 Å². The van der Waals surface area contributed by atoms with Gasteiger partial charge in [0.05, 0.1) is 11.5 Å². The van der Waals surface area contributed by atoms with Crippen molar-refractivity contribution in [2.45, 2.75) is 140 Å². The monoisotopic (exact) mass is 506 g/mol. The van der Waals surface area contributed by atoms with Gasteiger partial charge in [-0.15, -0.1) is 0 Å². The van der Waals surface area contributed by atoms with Crippen LogP contribution in [0, 0.1) is 0 Å². The van der Waals surface area contributed by atoms with Gasteiger partial charge in [-0.05, 0) is 18.6 Å². The van der Waals surface area contributed by atoms with Crippen LogP contribution in [0.5, 0.6) is 0 Å². The standard InChI is InChI=1S/C28H50O3S.K.H/c1-2-3-4-5-6-7-8-9-10-11-12-13-14-15-16-17-18-19-20-24-27-31-32(29,30)28-25-22-21-23-26-28;;/h21-23,25-26H,2-20,24,27H2,1H3;;. The van der Waals surface area contributed by atoms with Gasteiger partial charge in [0.1, 0.15) is 0 Å². The Morgan fingerprint density at radius 2 is 0.879 bits per heavy atom. The van der Waals surface area contributed by atoms with Gasteiger partial charge >= 0.3 is 51.4 Å². The van der Waals surface area contributed by atoms with Crippen molar-refractivity contribution in [3.63, 3.8) is 0 Å². The number of unbranched alkanes of at least 4 members (excludes halogenated alkanes) is 19. The fourth-order valence-corrected chi connectivity index (χ4v) is 5.14. The summed E-state index contributed by atoms with van der Waals surface area (Å²) < 4.78 is 29.1. The molecule has 0 spiro atoms. The number of hydrogen-bond donors (Lipinski definition) is 0.